The molecule has 2 aromatic heterocycles. The molecule has 0 aliphatic heterocycles. The first-order chi connectivity index (χ1) is 14.0. The van der Waals surface area contributed by atoms with Gasteiger partial charge in [-0.15, -0.1) is 0 Å². The predicted octanol–water partition coefficient (Wildman–Crippen LogP) is 2.85. The van der Waals surface area contributed by atoms with Crippen LogP contribution in [0.15, 0.2) is 57.8 Å². The van der Waals surface area contributed by atoms with Gasteiger partial charge in [-0.05, 0) is 36.4 Å². The summed E-state index contributed by atoms with van der Waals surface area (Å²) in [4.78, 5) is 24.5. The van der Waals surface area contributed by atoms with Crippen molar-refractivity contribution in [3.8, 4) is 11.4 Å². The smallest absolute Gasteiger partial charge is 0.368 e. The van der Waals surface area contributed by atoms with Crippen molar-refractivity contribution < 1.29 is 8.91 Å². The second-order valence-electron chi connectivity index (χ2n) is 5.90. The van der Waals surface area contributed by atoms with E-state index in [1.54, 1.807) is 24.3 Å². The highest BCUT2D eigenvalue weighted by atomic mass is 35.5. The van der Waals surface area contributed by atoms with Gasteiger partial charge in [0.15, 0.2) is 11.6 Å². The van der Waals surface area contributed by atoms with E-state index in [4.69, 9.17) is 21.9 Å². The van der Waals surface area contributed by atoms with Gasteiger partial charge in [0.1, 0.15) is 5.82 Å². The lowest BCUT2D eigenvalue weighted by Gasteiger charge is -2.08. The maximum Gasteiger partial charge on any atom is 0.442 e. The fourth-order valence-corrected chi connectivity index (χ4v) is 2.83. The fraction of sp³-hybridized carbons (Fsp3) is 0.0556. The second kappa shape index (κ2) is 7.68. The maximum atomic E-state index is 13.1. The summed E-state index contributed by atoms with van der Waals surface area (Å²) in [5, 5.41) is 7.11. The van der Waals surface area contributed by atoms with Crippen molar-refractivity contribution in [2.24, 2.45) is 0 Å². The van der Waals surface area contributed by atoms with Gasteiger partial charge in [-0.3, -0.25) is 4.52 Å². The SMILES string of the molecule is Nc1nc(Cn2c(-c3ccccc3Cl)noc2=O)nc(Nc2ccc(F)cc2)n1. The maximum absolute atomic E-state index is 13.1. The molecule has 2 aromatic carbocycles. The zero-order chi connectivity index (χ0) is 20.4. The highest BCUT2D eigenvalue weighted by molar-refractivity contribution is 6.33. The van der Waals surface area contributed by atoms with E-state index in [0.29, 0.717) is 16.3 Å². The molecule has 0 fully saturated rings. The van der Waals surface area contributed by atoms with Gasteiger partial charge in [-0.1, -0.05) is 28.9 Å². The topological polar surface area (TPSA) is 125 Å². The van der Waals surface area contributed by atoms with Crippen molar-refractivity contribution in [2.75, 3.05) is 11.1 Å². The third-order valence-electron chi connectivity index (χ3n) is 3.90. The number of nitrogens with zero attached hydrogens (tertiary/aromatic N) is 5. The second-order valence-corrected chi connectivity index (χ2v) is 6.31. The Labute approximate surface area is 168 Å². The fourth-order valence-electron chi connectivity index (χ4n) is 2.61. The molecular formula is C18H13ClFN7O2. The standard InChI is InChI=1S/C18H13ClFN7O2/c19-13-4-2-1-3-12(13)15-26-29-18(28)27(15)9-14-23-16(21)25-17(24-14)22-11-7-5-10(20)6-8-11/h1-8H,9H2,(H3,21,22,23,24,25). The number of benzene rings is 2. The van der Waals surface area contributed by atoms with E-state index < -0.39 is 5.76 Å². The van der Waals surface area contributed by atoms with Gasteiger partial charge in [0, 0.05) is 11.3 Å². The molecule has 0 saturated carbocycles. The molecule has 0 bridgehead atoms. The van der Waals surface area contributed by atoms with Gasteiger partial charge in [0.25, 0.3) is 0 Å². The molecule has 0 spiro atoms. The Morgan fingerprint density at radius 3 is 2.62 bits per heavy atom. The monoisotopic (exact) mass is 413 g/mol. The summed E-state index contributed by atoms with van der Waals surface area (Å²) >= 11 is 6.20. The first-order valence-electron chi connectivity index (χ1n) is 8.34. The Morgan fingerprint density at radius 2 is 1.86 bits per heavy atom. The molecule has 0 unspecified atom stereocenters. The Hall–Kier alpha value is -3.79. The first-order valence-corrected chi connectivity index (χ1v) is 8.72. The zero-order valence-corrected chi connectivity index (χ0v) is 15.5. The normalized spacial score (nSPS) is 10.8. The van der Waals surface area contributed by atoms with E-state index in [2.05, 4.69) is 25.4 Å². The van der Waals surface area contributed by atoms with Crippen LogP contribution in [0.2, 0.25) is 5.02 Å². The third kappa shape index (κ3) is 4.06. The van der Waals surface area contributed by atoms with Crippen molar-refractivity contribution in [3.05, 3.63) is 75.7 Å². The lowest BCUT2D eigenvalue weighted by molar-refractivity contribution is 0.377. The summed E-state index contributed by atoms with van der Waals surface area (Å²) in [6.07, 6.45) is 0. The van der Waals surface area contributed by atoms with Gasteiger partial charge in [-0.2, -0.15) is 15.0 Å². The molecule has 29 heavy (non-hydrogen) atoms. The Balaban J connectivity index is 1.66. The van der Waals surface area contributed by atoms with Crippen molar-refractivity contribution >= 4 is 29.2 Å². The van der Waals surface area contributed by atoms with E-state index in [0.717, 1.165) is 0 Å². The number of aromatic nitrogens is 5. The Morgan fingerprint density at radius 1 is 1.10 bits per heavy atom. The van der Waals surface area contributed by atoms with Crippen molar-refractivity contribution in [2.45, 2.75) is 6.54 Å². The summed E-state index contributed by atoms with van der Waals surface area (Å²) in [5.41, 5.74) is 6.85. The third-order valence-corrected chi connectivity index (χ3v) is 4.23. The number of halogens is 2. The number of nitrogen functional groups attached to an aromatic ring is 1. The van der Waals surface area contributed by atoms with Crippen molar-refractivity contribution in [1.29, 1.82) is 0 Å². The molecule has 3 N–H and O–H groups in total. The predicted molar refractivity (Wildman–Crippen MR) is 104 cm³/mol. The average Bonchev–Trinajstić information content (AvgIpc) is 3.04. The number of hydrogen-bond acceptors (Lipinski definition) is 8. The van der Waals surface area contributed by atoms with Gasteiger partial charge < -0.3 is 11.1 Å². The van der Waals surface area contributed by atoms with Crippen LogP contribution in [0.1, 0.15) is 5.82 Å². The molecule has 0 aliphatic rings. The Kier molecular flexibility index (Phi) is 4.92. The van der Waals surface area contributed by atoms with Crippen LogP contribution in [-0.2, 0) is 6.54 Å². The largest absolute Gasteiger partial charge is 0.442 e. The molecule has 9 nitrogen and oxygen atoms in total. The van der Waals surface area contributed by atoms with Crippen molar-refractivity contribution in [3.63, 3.8) is 0 Å². The van der Waals surface area contributed by atoms with Crippen LogP contribution in [0, 0.1) is 5.82 Å². The molecule has 0 aliphatic carbocycles. The summed E-state index contributed by atoms with van der Waals surface area (Å²) in [5.74, 6) is -0.558. The van der Waals surface area contributed by atoms with Crippen LogP contribution in [0.25, 0.3) is 11.4 Å². The molecule has 2 heterocycles. The van der Waals surface area contributed by atoms with E-state index in [9.17, 15) is 9.18 Å². The van der Waals surface area contributed by atoms with Crippen LogP contribution in [0.4, 0.5) is 22.0 Å². The number of hydrogen-bond donors (Lipinski definition) is 2. The van der Waals surface area contributed by atoms with E-state index in [1.165, 1.54) is 28.8 Å². The van der Waals surface area contributed by atoms with E-state index in [-0.39, 0.29) is 35.9 Å². The average molecular weight is 414 g/mol. The molecular weight excluding hydrogens is 401 g/mol. The molecule has 0 radical (unpaired) electrons. The Bertz CT molecular complexity index is 1220. The minimum absolute atomic E-state index is 0.0524. The molecule has 146 valence electrons. The number of nitrogens with one attached hydrogen (secondary N) is 1. The number of anilines is 3. The molecule has 4 rings (SSSR count). The lowest BCUT2D eigenvalue weighted by Crippen LogP contribution is -2.19. The minimum atomic E-state index is -0.702. The first kappa shape index (κ1) is 18.6. The highest BCUT2D eigenvalue weighted by Gasteiger charge is 2.17. The lowest BCUT2D eigenvalue weighted by atomic mass is 10.2. The quantitative estimate of drug-likeness (QED) is 0.511. The van der Waals surface area contributed by atoms with Gasteiger partial charge in [-0.25, -0.2) is 13.8 Å². The molecule has 0 atom stereocenters. The van der Waals surface area contributed by atoms with Crippen LogP contribution >= 0.6 is 11.6 Å². The molecule has 4 aromatic rings. The summed E-state index contributed by atoms with van der Waals surface area (Å²) in [6, 6.07) is 12.5. The van der Waals surface area contributed by atoms with Gasteiger partial charge in [0.05, 0.1) is 11.6 Å². The molecule has 0 saturated heterocycles. The summed E-state index contributed by atoms with van der Waals surface area (Å²) in [7, 11) is 0. The van der Waals surface area contributed by atoms with E-state index in [1.807, 2.05) is 0 Å². The summed E-state index contributed by atoms with van der Waals surface area (Å²) < 4.78 is 19.1. The number of rotatable bonds is 5. The van der Waals surface area contributed by atoms with Crippen LogP contribution < -0.4 is 16.8 Å². The molecule has 0 amide bonds. The van der Waals surface area contributed by atoms with Crippen molar-refractivity contribution in [1.82, 2.24) is 24.7 Å². The van der Waals surface area contributed by atoms with E-state index >= 15 is 0 Å². The minimum Gasteiger partial charge on any atom is -0.368 e. The van der Waals surface area contributed by atoms with Crippen LogP contribution in [-0.4, -0.2) is 24.7 Å². The summed E-state index contributed by atoms with van der Waals surface area (Å²) in [6.45, 7) is -0.0757. The van der Waals surface area contributed by atoms with Gasteiger partial charge in [0.2, 0.25) is 11.9 Å². The molecule has 11 heteroatoms. The van der Waals surface area contributed by atoms with Gasteiger partial charge >= 0.3 is 5.76 Å². The highest BCUT2D eigenvalue weighted by Crippen LogP contribution is 2.25. The van der Waals surface area contributed by atoms with Crippen LogP contribution in [0.3, 0.4) is 0 Å². The zero-order valence-electron chi connectivity index (χ0n) is 14.7. The number of nitrogens with two attached hydrogens (primary N) is 1. The van der Waals surface area contributed by atoms with Crippen LogP contribution in [0.5, 0.6) is 0 Å².